The molecule has 3 N–H and O–H groups in total. The highest BCUT2D eigenvalue weighted by Gasteiger charge is 2.32. The zero-order valence-corrected chi connectivity index (χ0v) is 12.9. The number of benzene rings is 1. The first-order chi connectivity index (χ1) is 9.81. The second kappa shape index (κ2) is 6.43. The Labute approximate surface area is 131 Å². The lowest BCUT2D eigenvalue weighted by Crippen LogP contribution is -2.30. The van der Waals surface area contributed by atoms with E-state index in [1.54, 1.807) is 0 Å². The maximum absolute atomic E-state index is 13.8. The highest BCUT2D eigenvalue weighted by Crippen LogP contribution is 2.33. The van der Waals surface area contributed by atoms with Crippen molar-refractivity contribution in [3.05, 3.63) is 55.9 Å². The Morgan fingerprint density at radius 1 is 1.29 bits per heavy atom. The summed E-state index contributed by atoms with van der Waals surface area (Å²) >= 11 is 4.70. The van der Waals surface area contributed by atoms with E-state index in [0.717, 1.165) is 21.5 Å². The number of thiophene rings is 1. The summed E-state index contributed by atoms with van der Waals surface area (Å²) in [6.07, 6.45) is -4.22. The Morgan fingerprint density at radius 2 is 2.00 bits per heavy atom. The van der Waals surface area contributed by atoms with Gasteiger partial charge in [-0.05, 0) is 40.2 Å². The molecule has 0 saturated carbocycles. The van der Waals surface area contributed by atoms with Gasteiger partial charge in [-0.1, -0.05) is 0 Å². The Kier molecular flexibility index (Phi) is 5.03. The highest BCUT2D eigenvalue weighted by molar-refractivity contribution is 9.10. The number of hydrogen-bond acceptors (Lipinski definition) is 3. The van der Waals surface area contributed by atoms with Crippen LogP contribution in [0.3, 0.4) is 0 Å². The number of rotatable bonds is 4. The maximum atomic E-state index is 13.8. The van der Waals surface area contributed by atoms with Gasteiger partial charge in [-0.25, -0.2) is 4.39 Å². The number of halogens is 5. The first kappa shape index (κ1) is 16.4. The Morgan fingerprint density at radius 3 is 2.52 bits per heavy atom. The molecule has 0 spiro atoms. The quantitative estimate of drug-likeness (QED) is 0.466. The lowest BCUT2D eigenvalue weighted by molar-refractivity contribution is -0.137. The Balaban J connectivity index is 2.33. The third-order valence-electron chi connectivity index (χ3n) is 2.93. The molecule has 2 rings (SSSR count). The van der Waals surface area contributed by atoms with E-state index in [1.165, 1.54) is 11.3 Å². The summed E-state index contributed by atoms with van der Waals surface area (Å²) in [6.45, 7) is 0. The maximum Gasteiger partial charge on any atom is 0.416 e. The van der Waals surface area contributed by atoms with Crippen LogP contribution in [0.2, 0.25) is 0 Å². The van der Waals surface area contributed by atoms with Gasteiger partial charge < -0.3 is 0 Å². The van der Waals surface area contributed by atoms with Gasteiger partial charge in [0.05, 0.1) is 11.6 Å². The number of hydrazine groups is 1. The van der Waals surface area contributed by atoms with Crippen LogP contribution < -0.4 is 11.3 Å². The predicted molar refractivity (Wildman–Crippen MR) is 77.2 cm³/mol. The minimum absolute atomic E-state index is 0.100. The summed E-state index contributed by atoms with van der Waals surface area (Å²) in [7, 11) is 0. The predicted octanol–water partition coefficient (Wildman–Crippen LogP) is 4.42. The van der Waals surface area contributed by atoms with Gasteiger partial charge in [0, 0.05) is 26.7 Å². The molecule has 0 aliphatic heterocycles. The normalized spacial score (nSPS) is 13.4. The van der Waals surface area contributed by atoms with E-state index < -0.39 is 23.6 Å². The SMILES string of the molecule is NNC(Cc1cc(Br)cs1)c1cc(C(F)(F)F)ccc1F. The van der Waals surface area contributed by atoms with Crippen LogP contribution in [0.25, 0.3) is 0 Å². The molecule has 0 fully saturated rings. The van der Waals surface area contributed by atoms with Gasteiger partial charge in [0.15, 0.2) is 0 Å². The van der Waals surface area contributed by atoms with E-state index in [-0.39, 0.29) is 5.56 Å². The fourth-order valence-corrected chi connectivity index (χ4v) is 3.41. The zero-order chi connectivity index (χ0) is 15.6. The summed E-state index contributed by atoms with van der Waals surface area (Å²) in [5.74, 6) is 4.66. The molecule has 1 aromatic carbocycles. The van der Waals surface area contributed by atoms with Crippen molar-refractivity contribution < 1.29 is 17.6 Å². The van der Waals surface area contributed by atoms with Crippen molar-refractivity contribution in [1.82, 2.24) is 5.43 Å². The van der Waals surface area contributed by atoms with Gasteiger partial charge in [-0.15, -0.1) is 11.3 Å². The van der Waals surface area contributed by atoms with Gasteiger partial charge in [-0.3, -0.25) is 11.3 Å². The summed E-state index contributed by atoms with van der Waals surface area (Å²) in [4.78, 5) is 0.877. The van der Waals surface area contributed by atoms with Gasteiger partial charge >= 0.3 is 6.18 Å². The van der Waals surface area contributed by atoms with Crippen molar-refractivity contribution in [2.24, 2.45) is 5.84 Å². The average Bonchev–Trinajstić information content (AvgIpc) is 2.81. The van der Waals surface area contributed by atoms with Crippen LogP contribution in [-0.2, 0) is 12.6 Å². The Bertz CT molecular complexity index is 627. The van der Waals surface area contributed by atoms with Crippen molar-refractivity contribution in [1.29, 1.82) is 0 Å². The average molecular weight is 383 g/mol. The van der Waals surface area contributed by atoms with Gasteiger partial charge in [0.1, 0.15) is 5.82 Å². The third-order valence-corrected chi connectivity index (χ3v) is 4.65. The van der Waals surface area contributed by atoms with Crippen LogP contribution in [0.1, 0.15) is 22.0 Å². The first-order valence-corrected chi connectivity index (χ1v) is 7.54. The minimum Gasteiger partial charge on any atom is -0.271 e. The summed E-state index contributed by atoms with van der Waals surface area (Å²) in [6, 6.07) is 3.40. The standard InChI is InChI=1S/C13H11BrF4N2S/c14-8-4-9(21-6-8)5-12(20-19)10-3-7(13(16,17)18)1-2-11(10)15/h1-4,6,12,20H,5,19H2. The van der Waals surface area contributed by atoms with Crippen molar-refractivity contribution in [2.45, 2.75) is 18.6 Å². The summed E-state index contributed by atoms with van der Waals surface area (Å²) < 4.78 is 52.9. The smallest absolute Gasteiger partial charge is 0.271 e. The lowest BCUT2D eigenvalue weighted by atomic mass is 10.00. The van der Waals surface area contributed by atoms with Gasteiger partial charge in [0.2, 0.25) is 0 Å². The summed E-state index contributed by atoms with van der Waals surface area (Å²) in [5, 5.41) is 1.84. The van der Waals surface area contributed by atoms with E-state index in [9.17, 15) is 17.6 Å². The fraction of sp³-hybridized carbons (Fsp3) is 0.231. The Hall–Kier alpha value is -0.960. The molecule has 1 aromatic heterocycles. The van der Waals surface area contributed by atoms with Gasteiger partial charge in [0.25, 0.3) is 0 Å². The number of hydrogen-bond donors (Lipinski definition) is 2. The van der Waals surface area contributed by atoms with E-state index >= 15 is 0 Å². The van der Waals surface area contributed by atoms with Crippen LogP contribution in [0.15, 0.2) is 34.1 Å². The molecule has 0 amide bonds. The highest BCUT2D eigenvalue weighted by atomic mass is 79.9. The van der Waals surface area contributed by atoms with Crippen LogP contribution in [0.5, 0.6) is 0 Å². The molecule has 0 aliphatic rings. The fourth-order valence-electron chi connectivity index (χ4n) is 1.91. The van der Waals surface area contributed by atoms with Crippen molar-refractivity contribution in [3.8, 4) is 0 Å². The third kappa shape index (κ3) is 4.03. The van der Waals surface area contributed by atoms with Crippen LogP contribution in [0, 0.1) is 5.82 Å². The molecule has 0 radical (unpaired) electrons. The topological polar surface area (TPSA) is 38.0 Å². The summed E-state index contributed by atoms with van der Waals surface area (Å²) in [5.41, 5.74) is 1.38. The molecule has 0 bridgehead atoms. The molecule has 114 valence electrons. The molecule has 1 heterocycles. The van der Waals surface area contributed by atoms with Crippen molar-refractivity contribution >= 4 is 27.3 Å². The van der Waals surface area contributed by atoms with E-state index in [0.29, 0.717) is 12.5 Å². The monoisotopic (exact) mass is 382 g/mol. The number of nitrogens with one attached hydrogen (secondary N) is 1. The molecule has 8 heteroatoms. The second-order valence-electron chi connectivity index (χ2n) is 4.39. The molecule has 2 aromatic rings. The molecule has 0 aliphatic carbocycles. The molecule has 1 atom stereocenters. The lowest BCUT2D eigenvalue weighted by Gasteiger charge is -2.18. The number of nitrogens with two attached hydrogens (primary N) is 1. The van der Waals surface area contributed by atoms with E-state index in [1.807, 2.05) is 11.4 Å². The molecule has 21 heavy (non-hydrogen) atoms. The van der Waals surface area contributed by atoms with E-state index in [4.69, 9.17) is 5.84 Å². The van der Waals surface area contributed by atoms with Crippen molar-refractivity contribution in [2.75, 3.05) is 0 Å². The molecular formula is C13H11BrF4N2S. The van der Waals surface area contributed by atoms with Crippen molar-refractivity contribution in [3.63, 3.8) is 0 Å². The second-order valence-corrected chi connectivity index (χ2v) is 6.30. The molecule has 2 nitrogen and oxygen atoms in total. The molecule has 0 saturated heterocycles. The van der Waals surface area contributed by atoms with Crippen LogP contribution >= 0.6 is 27.3 Å². The van der Waals surface area contributed by atoms with Crippen LogP contribution in [0.4, 0.5) is 17.6 Å². The molecule has 1 unspecified atom stereocenters. The first-order valence-electron chi connectivity index (χ1n) is 5.87. The van der Waals surface area contributed by atoms with Crippen LogP contribution in [-0.4, -0.2) is 0 Å². The van der Waals surface area contributed by atoms with E-state index in [2.05, 4.69) is 21.4 Å². The van der Waals surface area contributed by atoms with Gasteiger partial charge in [-0.2, -0.15) is 13.2 Å². The largest absolute Gasteiger partial charge is 0.416 e. The molecular weight excluding hydrogens is 372 g/mol. The number of alkyl halides is 3. The minimum atomic E-state index is -4.52. The zero-order valence-electron chi connectivity index (χ0n) is 10.5.